The smallest absolute Gasteiger partial charge is 0.264 e. The summed E-state index contributed by atoms with van der Waals surface area (Å²) in [5, 5.41) is 5.80. The van der Waals surface area contributed by atoms with Crippen LogP contribution in [0.15, 0.2) is 46.9 Å². The average Bonchev–Trinajstić information content (AvgIpc) is 2.54. The molecule has 0 radical (unpaired) electrons. The zero-order valence-electron chi connectivity index (χ0n) is 14.4. The van der Waals surface area contributed by atoms with Crippen LogP contribution in [0.3, 0.4) is 0 Å². The van der Waals surface area contributed by atoms with Crippen molar-refractivity contribution in [2.45, 2.75) is 26.7 Å². The lowest BCUT2D eigenvalue weighted by Crippen LogP contribution is -2.37. The predicted molar refractivity (Wildman–Crippen MR) is 109 cm³/mol. The van der Waals surface area contributed by atoms with Gasteiger partial charge in [-0.2, -0.15) is 0 Å². The Labute approximate surface area is 162 Å². The van der Waals surface area contributed by atoms with Gasteiger partial charge in [0.05, 0.1) is 5.69 Å². The molecule has 132 valence electrons. The molecule has 0 heterocycles. The summed E-state index contributed by atoms with van der Waals surface area (Å²) >= 11 is 8.57. The van der Waals surface area contributed by atoms with Crippen molar-refractivity contribution in [1.82, 2.24) is 5.32 Å². The summed E-state index contributed by atoms with van der Waals surface area (Å²) in [4.78, 5) is 12.0. The molecule has 0 saturated carbocycles. The highest BCUT2D eigenvalue weighted by molar-refractivity contribution is 9.10. The number of hydrogen-bond acceptors (Lipinski definition) is 3. The summed E-state index contributed by atoms with van der Waals surface area (Å²) < 4.78 is 6.41. The highest BCUT2D eigenvalue weighted by atomic mass is 79.9. The second kappa shape index (κ2) is 8.97. The lowest BCUT2D eigenvalue weighted by Gasteiger charge is -2.13. The largest absolute Gasteiger partial charge is 0.484 e. The highest BCUT2D eigenvalue weighted by Crippen LogP contribution is 2.23. The second-order valence-electron chi connectivity index (χ2n) is 5.94. The quantitative estimate of drug-likeness (QED) is 0.683. The Morgan fingerprint density at radius 2 is 1.96 bits per heavy atom. The van der Waals surface area contributed by atoms with Crippen LogP contribution in [0.5, 0.6) is 5.75 Å². The average molecular weight is 421 g/mol. The van der Waals surface area contributed by atoms with E-state index in [9.17, 15) is 4.79 Å². The fourth-order valence-electron chi connectivity index (χ4n) is 2.41. The first-order valence-corrected chi connectivity index (χ1v) is 9.15. The Bertz CT molecular complexity index is 778. The number of benzene rings is 2. The maximum absolute atomic E-state index is 12.0. The van der Waals surface area contributed by atoms with Crippen LogP contribution < -0.4 is 15.4 Å². The van der Waals surface area contributed by atoms with E-state index in [0.29, 0.717) is 11.7 Å². The topological polar surface area (TPSA) is 50.4 Å². The number of carbonyl (C=O) groups excluding carboxylic acids is 1. The van der Waals surface area contributed by atoms with Crippen LogP contribution >= 0.6 is 28.1 Å². The van der Waals surface area contributed by atoms with Crippen molar-refractivity contribution in [3.63, 3.8) is 0 Å². The van der Waals surface area contributed by atoms with Crippen LogP contribution in [-0.2, 0) is 4.79 Å². The monoisotopic (exact) mass is 420 g/mol. The van der Waals surface area contributed by atoms with E-state index in [0.717, 1.165) is 15.7 Å². The van der Waals surface area contributed by atoms with Crippen molar-refractivity contribution in [2.75, 3.05) is 11.9 Å². The molecule has 6 heteroatoms. The molecule has 0 saturated heterocycles. The minimum atomic E-state index is -0.310. The molecule has 2 N–H and O–H groups in total. The van der Waals surface area contributed by atoms with Crippen LogP contribution in [0, 0.1) is 6.92 Å². The molecule has 1 amide bonds. The van der Waals surface area contributed by atoms with Gasteiger partial charge in [-0.3, -0.25) is 10.1 Å². The maximum atomic E-state index is 12.0. The van der Waals surface area contributed by atoms with E-state index in [2.05, 4.69) is 40.4 Å². The van der Waals surface area contributed by atoms with Crippen LogP contribution in [0.25, 0.3) is 0 Å². The lowest BCUT2D eigenvalue weighted by atomic mass is 9.98. The van der Waals surface area contributed by atoms with Gasteiger partial charge in [0.15, 0.2) is 11.7 Å². The van der Waals surface area contributed by atoms with E-state index < -0.39 is 0 Å². The third-order valence-corrected chi connectivity index (χ3v) is 4.50. The molecule has 25 heavy (non-hydrogen) atoms. The summed E-state index contributed by atoms with van der Waals surface area (Å²) in [5.74, 6) is 0.815. The van der Waals surface area contributed by atoms with Gasteiger partial charge >= 0.3 is 0 Å². The number of hydrogen-bond donors (Lipinski definition) is 2. The van der Waals surface area contributed by atoms with Gasteiger partial charge in [-0.25, -0.2) is 0 Å². The SMILES string of the molecule is Cc1cc(OCC(=O)NC(=S)Nc2ccccc2Br)ccc1C(C)C. The molecule has 2 rings (SSSR count). The van der Waals surface area contributed by atoms with E-state index >= 15 is 0 Å². The minimum Gasteiger partial charge on any atom is -0.484 e. The van der Waals surface area contributed by atoms with Crippen LogP contribution in [0.2, 0.25) is 0 Å². The Morgan fingerprint density at radius 1 is 1.24 bits per heavy atom. The van der Waals surface area contributed by atoms with Crippen LogP contribution in [-0.4, -0.2) is 17.6 Å². The number of ether oxygens (including phenoxy) is 1. The van der Waals surface area contributed by atoms with Gasteiger partial charge in [-0.05, 0) is 76.4 Å². The summed E-state index contributed by atoms with van der Waals surface area (Å²) in [6, 6.07) is 13.4. The summed E-state index contributed by atoms with van der Waals surface area (Å²) in [6.07, 6.45) is 0. The number of rotatable bonds is 5. The first-order chi connectivity index (χ1) is 11.9. The third kappa shape index (κ3) is 5.83. The van der Waals surface area contributed by atoms with Gasteiger partial charge in [-0.1, -0.05) is 32.0 Å². The van der Waals surface area contributed by atoms with Gasteiger partial charge in [0.1, 0.15) is 5.75 Å². The first-order valence-electron chi connectivity index (χ1n) is 7.95. The minimum absolute atomic E-state index is 0.0990. The Morgan fingerprint density at radius 3 is 2.60 bits per heavy atom. The number of aryl methyl sites for hydroxylation is 1. The van der Waals surface area contributed by atoms with Crippen molar-refractivity contribution in [3.05, 3.63) is 58.1 Å². The molecule has 0 aliphatic rings. The zero-order chi connectivity index (χ0) is 18.4. The van der Waals surface area contributed by atoms with Crippen molar-refractivity contribution in [2.24, 2.45) is 0 Å². The first kappa shape index (κ1) is 19.4. The molecule has 4 nitrogen and oxygen atoms in total. The number of anilines is 1. The molecule has 0 aromatic heterocycles. The van der Waals surface area contributed by atoms with E-state index in [1.165, 1.54) is 5.56 Å². The molecule has 0 fully saturated rings. The van der Waals surface area contributed by atoms with E-state index in [4.69, 9.17) is 17.0 Å². The third-order valence-electron chi connectivity index (χ3n) is 3.61. The number of para-hydroxylation sites is 1. The Kier molecular flexibility index (Phi) is 6.96. The zero-order valence-corrected chi connectivity index (χ0v) is 16.8. The predicted octanol–water partition coefficient (Wildman–Crippen LogP) is 4.77. The molecule has 0 bridgehead atoms. The Hall–Kier alpha value is -1.92. The molecular formula is C19H21BrN2O2S. The number of thiocarbonyl (C=S) groups is 1. The molecule has 0 spiro atoms. The normalized spacial score (nSPS) is 10.4. The summed E-state index contributed by atoms with van der Waals surface area (Å²) in [6.45, 7) is 6.24. The number of halogens is 1. The Balaban J connectivity index is 1.85. The second-order valence-corrected chi connectivity index (χ2v) is 7.21. The number of carbonyl (C=O) groups is 1. The van der Waals surface area contributed by atoms with Crippen molar-refractivity contribution in [3.8, 4) is 5.75 Å². The number of amides is 1. The van der Waals surface area contributed by atoms with E-state index in [1.54, 1.807) is 0 Å². The van der Waals surface area contributed by atoms with Crippen LogP contribution in [0.1, 0.15) is 30.9 Å². The van der Waals surface area contributed by atoms with Crippen molar-refractivity contribution in [1.29, 1.82) is 0 Å². The van der Waals surface area contributed by atoms with Gasteiger partial charge in [0.25, 0.3) is 5.91 Å². The van der Waals surface area contributed by atoms with Crippen LogP contribution in [0.4, 0.5) is 5.69 Å². The molecule has 0 unspecified atom stereocenters. The van der Waals surface area contributed by atoms with Gasteiger partial charge in [-0.15, -0.1) is 0 Å². The van der Waals surface area contributed by atoms with Crippen molar-refractivity contribution >= 4 is 44.9 Å². The molecule has 2 aromatic rings. The number of nitrogens with one attached hydrogen (secondary N) is 2. The molecule has 0 aliphatic carbocycles. The van der Waals surface area contributed by atoms with Crippen molar-refractivity contribution < 1.29 is 9.53 Å². The van der Waals surface area contributed by atoms with Gasteiger partial charge in [0, 0.05) is 4.47 Å². The molecule has 2 aromatic carbocycles. The van der Waals surface area contributed by atoms with Gasteiger partial charge in [0.2, 0.25) is 0 Å². The lowest BCUT2D eigenvalue weighted by molar-refractivity contribution is -0.121. The van der Waals surface area contributed by atoms with E-state index in [-0.39, 0.29) is 17.6 Å². The standard InChI is InChI=1S/C19H21BrN2O2S/c1-12(2)15-9-8-14(10-13(15)3)24-11-18(23)22-19(25)21-17-7-5-4-6-16(17)20/h4-10,12H,11H2,1-3H3,(H2,21,22,23,25). The van der Waals surface area contributed by atoms with Gasteiger partial charge < -0.3 is 10.1 Å². The molecule has 0 aliphatic heterocycles. The maximum Gasteiger partial charge on any atom is 0.264 e. The highest BCUT2D eigenvalue weighted by Gasteiger charge is 2.09. The summed E-state index contributed by atoms with van der Waals surface area (Å²) in [7, 11) is 0. The fraction of sp³-hybridized carbons (Fsp3) is 0.263. The fourth-order valence-corrected chi connectivity index (χ4v) is 3.02. The molecule has 0 atom stereocenters. The molecular weight excluding hydrogens is 400 g/mol. The van der Waals surface area contributed by atoms with E-state index in [1.807, 2.05) is 49.4 Å². The summed E-state index contributed by atoms with van der Waals surface area (Å²) in [5.41, 5.74) is 3.21.